The van der Waals surface area contributed by atoms with Crippen LogP contribution < -0.4 is 5.73 Å². The summed E-state index contributed by atoms with van der Waals surface area (Å²) >= 11 is 0. The van der Waals surface area contributed by atoms with Crippen molar-refractivity contribution >= 4 is 0 Å². The zero-order valence-electron chi connectivity index (χ0n) is 7.29. The lowest BCUT2D eigenvalue weighted by Gasteiger charge is -2.16. The third-order valence-corrected chi connectivity index (χ3v) is 2.85. The Morgan fingerprint density at radius 2 is 2.50 bits per heavy atom. The van der Waals surface area contributed by atoms with E-state index >= 15 is 0 Å². The predicted molar refractivity (Wildman–Crippen MR) is 45.5 cm³/mol. The Bertz CT molecular complexity index is 252. The van der Waals surface area contributed by atoms with Crippen molar-refractivity contribution in [1.82, 2.24) is 5.16 Å². The standard InChI is InChI=1S/C9H14N2O/c1-9(3-4-9)8(10)6-7-2-5-12-11-7/h2,5,8H,3-4,6,10H2,1H3. The van der Waals surface area contributed by atoms with Gasteiger partial charge in [0.25, 0.3) is 0 Å². The van der Waals surface area contributed by atoms with E-state index in [9.17, 15) is 0 Å². The molecule has 0 amide bonds. The third kappa shape index (κ3) is 1.37. The van der Waals surface area contributed by atoms with Crippen molar-refractivity contribution in [1.29, 1.82) is 0 Å². The van der Waals surface area contributed by atoms with Gasteiger partial charge in [0.2, 0.25) is 0 Å². The fourth-order valence-electron chi connectivity index (χ4n) is 1.38. The van der Waals surface area contributed by atoms with E-state index in [-0.39, 0.29) is 6.04 Å². The molecule has 66 valence electrons. The second kappa shape index (κ2) is 2.59. The Hall–Kier alpha value is -0.830. The molecule has 0 bridgehead atoms. The number of nitrogens with zero attached hydrogens (tertiary/aromatic N) is 1. The van der Waals surface area contributed by atoms with Gasteiger partial charge < -0.3 is 10.3 Å². The Morgan fingerprint density at radius 3 is 3.00 bits per heavy atom. The highest BCUT2D eigenvalue weighted by Crippen LogP contribution is 2.47. The van der Waals surface area contributed by atoms with Crippen LogP contribution in [0.4, 0.5) is 0 Å². The van der Waals surface area contributed by atoms with Gasteiger partial charge in [-0.1, -0.05) is 12.1 Å². The average Bonchev–Trinajstić information content (AvgIpc) is 2.63. The maximum atomic E-state index is 6.02. The summed E-state index contributed by atoms with van der Waals surface area (Å²) in [4.78, 5) is 0. The van der Waals surface area contributed by atoms with Gasteiger partial charge in [0.15, 0.2) is 0 Å². The first-order valence-electron chi connectivity index (χ1n) is 4.35. The lowest BCUT2D eigenvalue weighted by Crippen LogP contribution is -2.31. The van der Waals surface area contributed by atoms with E-state index in [1.54, 1.807) is 6.26 Å². The molecule has 0 aliphatic heterocycles. The first kappa shape index (κ1) is 7.80. The minimum Gasteiger partial charge on any atom is -0.365 e. The molecule has 1 aliphatic rings. The van der Waals surface area contributed by atoms with E-state index in [0.717, 1.165) is 12.1 Å². The SMILES string of the molecule is CC1(C(N)Cc2ccon2)CC1. The molecule has 0 aromatic carbocycles. The van der Waals surface area contributed by atoms with Gasteiger partial charge in [-0.25, -0.2) is 0 Å². The highest BCUT2D eigenvalue weighted by molar-refractivity contribution is 5.05. The Labute approximate surface area is 71.9 Å². The number of nitrogens with two attached hydrogens (primary N) is 1. The van der Waals surface area contributed by atoms with Crippen molar-refractivity contribution in [2.75, 3.05) is 0 Å². The Balaban J connectivity index is 1.95. The van der Waals surface area contributed by atoms with Gasteiger partial charge in [0, 0.05) is 18.5 Å². The van der Waals surface area contributed by atoms with Crippen molar-refractivity contribution in [3.63, 3.8) is 0 Å². The van der Waals surface area contributed by atoms with Crippen molar-refractivity contribution < 1.29 is 4.52 Å². The van der Waals surface area contributed by atoms with Crippen LogP contribution in [0.25, 0.3) is 0 Å². The van der Waals surface area contributed by atoms with Gasteiger partial charge in [0.1, 0.15) is 6.26 Å². The van der Waals surface area contributed by atoms with Crippen molar-refractivity contribution in [2.24, 2.45) is 11.1 Å². The molecule has 0 saturated heterocycles. The van der Waals surface area contributed by atoms with E-state index in [4.69, 9.17) is 10.3 Å². The van der Waals surface area contributed by atoms with Crippen molar-refractivity contribution in [3.05, 3.63) is 18.0 Å². The highest BCUT2D eigenvalue weighted by Gasteiger charge is 2.42. The van der Waals surface area contributed by atoms with Crippen LogP contribution in [0.3, 0.4) is 0 Å². The molecule has 1 fully saturated rings. The van der Waals surface area contributed by atoms with E-state index in [1.807, 2.05) is 6.07 Å². The molecular weight excluding hydrogens is 152 g/mol. The van der Waals surface area contributed by atoms with Crippen LogP contribution in [0.5, 0.6) is 0 Å². The molecule has 3 nitrogen and oxygen atoms in total. The monoisotopic (exact) mass is 166 g/mol. The average molecular weight is 166 g/mol. The van der Waals surface area contributed by atoms with Crippen LogP contribution in [-0.4, -0.2) is 11.2 Å². The topological polar surface area (TPSA) is 52.0 Å². The zero-order valence-corrected chi connectivity index (χ0v) is 7.29. The van der Waals surface area contributed by atoms with Crippen molar-refractivity contribution in [3.8, 4) is 0 Å². The molecule has 1 aliphatic carbocycles. The first-order valence-corrected chi connectivity index (χ1v) is 4.35. The molecule has 1 aromatic rings. The molecule has 2 N–H and O–H groups in total. The highest BCUT2D eigenvalue weighted by atomic mass is 16.5. The lowest BCUT2D eigenvalue weighted by molar-refractivity contribution is 0.390. The van der Waals surface area contributed by atoms with Crippen LogP contribution in [-0.2, 0) is 6.42 Å². The van der Waals surface area contributed by atoms with E-state index in [0.29, 0.717) is 5.41 Å². The molecule has 1 unspecified atom stereocenters. The molecule has 1 heterocycles. The van der Waals surface area contributed by atoms with Crippen LogP contribution in [0, 0.1) is 5.41 Å². The predicted octanol–water partition coefficient (Wildman–Crippen LogP) is 1.34. The fraction of sp³-hybridized carbons (Fsp3) is 0.667. The summed E-state index contributed by atoms with van der Waals surface area (Å²) in [7, 11) is 0. The zero-order chi connectivity index (χ0) is 8.60. The molecule has 1 saturated carbocycles. The summed E-state index contributed by atoms with van der Waals surface area (Å²) in [6.45, 7) is 2.23. The number of aromatic nitrogens is 1. The van der Waals surface area contributed by atoms with Crippen molar-refractivity contribution in [2.45, 2.75) is 32.2 Å². The van der Waals surface area contributed by atoms with E-state index < -0.39 is 0 Å². The summed E-state index contributed by atoms with van der Waals surface area (Å²) in [6.07, 6.45) is 4.95. The molecule has 1 atom stereocenters. The van der Waals surface area contributed by atoms with Gasteiger partial charge in [-0.2, -0.15) is 0 Å². The van der Waals surface area contributed by atoms with Crippen LogP contribution in [0.15, 0.2) is 16.9 Å². The molecule has 0 spiro atoms. The molecule has 12 heavy (non-hydrogen) atoms. The maximum absolute atomic E-state index is 6.02. The second-order valence-corrected chi connectivity index (χ2v) is 3.96. The minimum atomic E-state index is 0.239. The van der Waals surface area contributed by atoms with E-state index in [2.05, 4.69) is 12.1 Å². The van der Waals surface area contributed by atoms with Gasteiger partial charge in [0.05, 0.1) is 5.69 Å². The minimum absolute atomic E-state index is 0.239. The summed E-state index contributed by atoms with van der Waals surface area (Å²) in [5, 5.41) is 3.84. The Morgan fingerprint density at radius 1 is 1.75 bits per heavy atom. The Kier molecular flexibility index (Phi) is 1.68. The summed E-state index contributed by atoms with van der Waals surface area (Å²) in [5.74, 6) is 0. The number of rotatable bonds is 3. The molecule has 0 radical (unpaired) electrons. The molecule has 3 heteroatoms. The van der Waals surface area contributed by atoms with E-state index in [1.165, 1.54) is 12.8 Å². The van der Waals surface area contributed by atoms with Gasteiger partial charge in [-0.15, -0.1) is 0 Å². The smallest absolute Gasteiger partial charge is 0.124 e. The van der Waals surface area contributed by atoms with Crippen LogP contribution in [0.2, 0.25) is 0 Å². The fourth-order valence-corrected chi connectivity index (χ4v) is 1.38. The lowest BCUT2D eigenvalue weighted by atomic mass is 9.96. The van der Waals surface area contributed by atoms with Gasteiger partial charge in [-0.05, 0) is 18.3 Å². The maximum Gasteiger partial charge on any atom is 0.124 e. The normalized spacial score (nSPS) is 22.2. The largest absolute Gasteiger partial charge is 0.365 e. The van der Waals surface area contributed by atoms with Gasteiger partial charge in [-0.3, -0.25) is 0 Å². The number of hydrogen-bond donors (Lipinski definition) is 1. The van der Waals surface area contributed by atoms with Crippen LogP contribution >= 0.6 is 0 Å². The first-order chi connectivity index (χ1) is 5.71. The third-order valence-electron chi connectivity index (χ3n) is 2.85. The quantitative estimate of drug-likeness (QED) is 0.737. The summed E-state index contributed by atoms with van der Waals surface area (Å²) in [5.41, 5.74) is 7.36. The second-order valence-electron chi connectivity index (χ2n) is 3.96. The molecular formula is C9H14N2O. The van der Waals surface area contributed by atoms with Crippen LogP contribution in [0.1, 0.15) is 25.5 Å². The number of hydrogen-bond acceptors (Lipinski definition) is 3. The summed E-state index contributed by atoms with van der Waals surface area (Å²) < 4.78 is 4.74. The van der Waals surface area contributed by atoms with Gasteiger partial charge >= 0.3 is 0 Å². The molecule has 1 aromatic heterocycles. The molecule has 2 rings (SSSR count). The summed E-state index contributed by atoms with van der Waals surface area (Å²) in [6, 6.07) is 2.12.